The van der Waals surface area contributed by atoms with Crippen LogP contribution in [-0.2, 0) is 19.1 Å². The van der Waals surface area contributed by atoms with Gasteiger partial charge in [0, 0.05) is 5.56 Å². The van der Waals surface area contributed by atoms with Crippen LogP contribution in [0.2, 0.25) is 0 Å². The lowest BCUT2D eigenvalue weighted by Crippen LogP contribution is -2.45. The van der Waals surface area contributed by atoms with Crippen molar-refractivity contribution in [2.75, 3.05) is 13.7 Å². The molecule has 0 fully saturated rings. The zero-order chi connectivity index (χ0) is 17.7. The van der Waals surface area contributed by atoms with Crippen LogP contribution in [0.1, 0.15) is 25.8 Å². The Morgan fingerprint density at radius 3 is 2.58 bits per heavy atom. The predicted octanol–water partition coefficient (Wildman–Crippen LogP) is 2.51. The van der Waals surface area contributed by atoms with E-state index in [1.54, 1.807) is 31.4 Å². The van der Waals surface area contributed by atoms with Crippen LogP contribution in [0, 0.1) is 5.92 Å². The first-order valence-electron chi connectivity index (χ1n) is 7.67. The van der Waals surface area contributed by atoms with Crippen LogP contribution < -0.4 is 4.74 Å². The Bertz CT molecular complexity index is 662. The third-order valence-electron chi connectivity index (χ3n) is 3.53. The molecule has 0 amide bonds. The number of aliphatic imine (C=N–C) groups is 1. The van der Waals surface area contributed by atoms with Crippen molar-refractivity contribution in [3.8, 4) is 5.75 Å². The summed E-state index contributed by atoms with van der Waals surface area (Å²) in [7, 11) is 1.56. The standard InChI is InChI=1S/C18H21NO5/c1-5-10-23-16(20)18(11-12(2)3)17(21)24-15(19-18)13-6-8-14(22-4)9-7-13/h5-9,12H,1,10-11H2,2-4H3/t18-/m0/s1. The number of esters is 2. The summed E-state index contributed by atoms with van der Waals surface area (Å²) in [6.45, 7) is 7.31. The highest BCUT2D eigenvalue weighted by atomic mass is 16.6. The van der Waals surface area contributed by atoms with E-state index in [0.717, 1.165) is 0 Å². The highest BCUT2D eigenvalue weighted by Crippen LogP contribution is 2.31. The molecule has 1 atom stereocenters. The quantitative estimate of drug-likeness (QED) is 0.436. The van der Waals surface area contributed by atoms with E-state index in [4.69, 9.17) is 14.2 Å². The van der Waals surface area contributed by atoms with Crippen LogP contribution in [-0.4, -0.2) is 37.1 Å². The van der Waals surface area contributed by atoms with E-state index in [9.17, 15) is 9.59 Å². The average molecular weight is 331 g/mol. The van der Waals surface area contributed by atoms with Gasteiger partial charge < -0.3 is 14.2 Å². The van der Waals surface area contributed by atoms with E-state index in [0.29, 0.717) is 11.3 Å². The topological polar surface area (TPSA) is 74.2 Å². The van der Waals surface area contributed by atoms with E-state index in [2.05, 4.69) is 11.6 Å². The van der Waals surface area contributed by atoms with Crippen molar-refractivity contribution in [3.05, 3.63) is 42.5 Å². The number of nitrogens with zero attached hydrogens (tertiary/aromatic N) is 1. The molecule has 1 aromatic carbocycles. The van der Waals surface area contributed by atoms with Gasteiger partial charge >= 0.3 is 11.9 Å². The number of carbonyl (C=O) groups excluding carboxylic acids is 2. The lowest BCUT2D eigenvalue weighted by molar-refractivity contribution is -0.158. The fraction of sp³-hybridized carbons (Fsp3) is 0.389. The molecule has 2 rings (SSSR count). The molecule has 0 bridgehead atoms. The molecule has 0 radical (unpaired) electrons. The number of rotatable bonds is 7. The van der Waals surface area contributed by atoms with Crippen molar-refractivity contribution in [1.82, 2.24) is 0 Å². The van der Waals surface area contributed by atoms with Crippen molar-refractivity contribution in [3.63, 3.8) is 0 Å². The Kier molecular flexibility index (Phi) is 5.39. The highest BCUT2D eigenvalue weighted by Gasteiger charge is 2.54. The Balaban J connectivity index is 2.38. The zero-order valence-electron chi connectivity index (χ0n) is 14.1. The third-order valence-corrected chi connectivity index (χ3v) is 3.53. The lowest BCUT2D eigenvalue weighted by atomic mass is 9.90. The molecule has 0 spiro atoms. The lowest BCUT2D eigenvalue weighted by Gasteiger charge is -2.21. The van der Waals surface area contributed by atoms with Gasteiger partial charge in [-0.05, 0) is 36.6 Å². The Morgan fingerprint density at radius 1 is 1.38 bits per heavy atom. The van der Waals surface area contributed by atoms with Crippen molar-refractivity contribution in [2.45, 2.75) is 25.8 Å². The van der Waals surface area contributed by atoms with Crippen LogP contribution in [0.3, 0.4) is 0 Å². The molecule has 1 aliphatic rings. The minimum Gasteiger partial charge on any atom is -0.497 e. The molecule has 6 heteroatoms. The van der Waals surface area contributed by atoms with Crippen LogP contribution in [0.5, 0.6) is 5.75 Å². The Labute approximate surface area is 141 Å². The normalized spacial score (nSPS) is 19.7. The summed E-state index contributed by atoms with van der Waals surface area (Å²) < 4.78 is 15.5. The first-order chi connectivity index (χ1) is 11.4. The van der Waals surface area contributed by atoms with E-state index in [-0.39, 0.29) is 24.8 Å². The van der Waals surface area contributed by atoms with Crippen molar-refractivity contribution in [1.29, 1.82) is 0 Å². The summed E-state index contributed by atoms with van der Waals surface area (Å²) in [5.41, 5.74) is -1.07. The highest BCUT2D eigenvalue weighted by molar-refractivity contribution is 6.17. The molecule has 1 heterocycles. The molecule has 0 unspecified atom stereocenters. The number of carbonyl (C=O) groups is 2. The van der Waals surface area contributed by atoms with Gasteiger partial charge in [0.25, 0.3) is 5.54 Å². The smallest absolute Gasteiger partial charge is 0.352 e. The third kappa shape index (κ3) is 3.48. The SMILES string of the molecule is C=CCOC(=O)[C@]1(CC(C)C)N=C(c2ccc(OC)cc2)OC1=O. The van der Waals surface area contributed by atoms with Gasteiger partial charge in [-0.25, -0.2) is 14.6 Å². The first kappa shape index (κ1) is 17.7. The zero-order valence-corrected chi connectivity index (χ0v) is 14.1. The summed E-state index contributed by atoms with van der Waals surface area (Å²) in [6, 6.07) is 6.88. The van der Waals surface area contributed by atoms with Gasteiger partial charge in [0.2, 0.25) is 5.90 Å². The second kappa shape index (κ2) is 7.29. The Hall–Kier alpha value is -2.63. The molecule has 6 nitrogen and oxygen atoms in total. The van der Waals surface area contributed by atoms with Crippen LogP contribution in [0.15, 0.2) is 41.9 Å². The molecule has 0 saturated carbocycles. The number of cyclic esters (lactones) is 1. The molecular weight excluding hydrogens is 310 g/mol. The fourth-order valence-corrected chi connectivity index (χ4v) is 2.46. The van der Waals surface area contributed by atoms with Crippen molar-refractivity contribution < 1.29 is 23.8 Å². The van der Waals surface area contributed by atoms with Gasteiger partial charge in [-0.3, -0.25) is 0 Å². The van der Waals surface area contributed by atoms with Crippen LogP contribution in [0.25, 0.3) is 0 Å². The van der Waals surface area contributed by atoms with E-state index >= 15 is 0 Å². The molecule has 1 aromatic rings. The van der Waals surface area contributed by atoms with Gasteiger partial charge in [0.05, 0.1) is 7.11 Å². The molecule has 1 aliphatic heterocycles. The van der Waals surface area contributed by atoms with E-state index in [1.165, 1.54) is 6.08 Å². The van der Waals surface area contributed by atoms with E-state index < -0.39 is 17.5 Å². The maximum absolute atomic E-state index is 12.5. The van der Waals surface area contributed by atoms with Gasteiger partial charge in [-0.15, -0.1) is 0 Å². The molecule has 0 N–H and O–H groups in total. The maximum Gasteiger partial charge on any atom is 0.352 e. The molecular formula is C18H21NO5. The predicted molar refractivity (Wildman–Crippen MR) is 89.0 cm³/mol. The second-order valence-electron chi connectivity index (χ2n) is 5.88. The summed E-state index contributed by atoms with van der Waals surface area (Å²) in [4.78, 5) is 29.2. The number of ether oxygens (including phenoxy) is 3. The van der Waals surface area contributed by atoms with Gasteiger partial charge in [0.1, 0.15) is 12.4 Å². The van der Waals surface area contributed by atoms with E-state index in [1.807, 2.05) is 13.8 Å². The van der Waals surface area contributed by atoms with Gasteiger partial charge in [0.15, 0.2) is 0 Å². The molecule has 0 aliphatic carbocycles. The fourth-order valence-electron chi connectivity index (χ4n) is 2.46. The van der Waals surface area contributed by atoms with Crippen LogP contribution in [0.4, 0.5) is 0 Å². The molecule has 128 valence electrons. The monoisotopic (exact) mass is 331 g/mol. The molecule has 0 aromatic heterocycles. The molecule has 24 heavy (non-hydrogen) atoms. The van der Waals surface area contributed by atoms with Gasteiger partial charge in [-0.2, -0.15) is 0 Å². The first-order valence-corrected chi connectivity index (χ1v) is 7.67. The maximum atomic E-state index is 12.5. The summed E-state index contributed by atoms with van der Waals surface area (Å²) >= 11 is 0. The number of methoxy groups -OCH3 is 1. The molecule has 0 saturated heterocycles. The summed E-state index contributed by atoms with van der Waals surface area (Å²) in [5.74, 6) is -0.602. The average Bonchev–Trinajstić information content (AvgIpc) is 2.89. The largest absolute Gasteiger partial charge is 0.497 e. The Morgan fingerprint density at radius 2 is 2.04 bits per heavy atom. The second-order valence-corrected chi connectivity index (χ2v) is 5.88. The number of hydrogen-bond donors (Lipinski definition) is 0. The summed E-state index contributed by atoms with van der Waals surface area (Å²) in [5, 5.41) is 0. The number of hydrogen-bond acceptors (Lipinski definition) is 6. The minimum absolute atomic E-state index is 0.0132. The van der Waals surface area contributed by atoms with Crippen LogP contribution >= 0.6 is 0 Å². The summed E-state index contributed by atoms with van der Waals surface area (Å²) in [6.07, 6.45) is 1.65. The number of benzene rings is 1. The van der Waals surface area contributed by atoms with Crippen molar-refractivity contribution >= 4 is 17.8 Å². The van der Waals surface area contributed by atoms with Crippen molar-refractivity contribution in [2.24, 2.45) is 10.9 Å². The van der Waals surface area contributed by atoms with Gasteiger partial charge in [-0.1, -0.05) is 26.5 Å². The minimum atomic E-state index is -1.66.